The number of amides is 1. The van der Waals surface area contributed by atoms with Crippen molar-refractivity contribution in [3.63, 3.8) is 0 Å². The summed E-state index contributed by atoms with van der Waals surface area (Å²) in [6.45, 7) is 8.15. The fourth-order valence-corrected chi connectivity index (χ4v) is 4.29. The largest absolute Gasteiger partial charge is 0.496 e. The van der Waals surface area contributed by atoms with E-state index < -0.39 is 0 Å². The Morgan fingerprint density at radius 3 is 2.36 bits per heavy atom. The van der Waals surface area contributed by atoms with E-state index in [-0.39, 0.29) is 5.91 Å². The minimum Gasteiger partial charge on any atom is -0.496 e. The molecular formula is C30H32N4O2. The molecule has 3 aromatic carbocycles. The van der Waals surface area contributed by atoms with Gasteiger partial charge in [-0.05, 0) is 74.9 Å². The average Bonchev–Trinajstić information content (AvgIpc) is 3.31. The average molecular weight is 481 g/mol. The highest BCUT2D eigenvalue weighted by atomic mass is 16.5. The summed E-state index contributed by atoms with van der Waals surface area (Å²) >= 11 is 0. The highest BCUT2D eigenvalue weighted by Crippen LogP contribution is 2.27. The Bertz CT molecular complexity index is 1340. The molecule has 0 radical (unpaired) electrons. The van der Waals surface area contributed by atoms with Gasteiger partial charge in [-0.2, -0.15) is 5.10 Å². The first kappa shape index (κ1) is 24.8. The van der Waals surface area contributed by atoms with Crippen LogP contribution in [0.4, 0.5) is 5.69 Å². The van der Waals surface area contributed by atoms with E-state index in [9.17, 15) is 4.79 Å². The van der Waals surface area contributed by atoms with E-state index in [2.05, 4.69) is 65.0 Å². The van der Waals surface area contributed by atoms with Crippen LogP contribution in [0.3, 0.4) is 0 Å². The summed E-state index contributed by atoms with van der Waals surface area (Å²) in [5.41, 5.74) is 9.40. The van der Waals surface area contributed by atoms with Gasteiger partial charge in [0.2, 0.25) is 0 Å². The number of ether oxygens (including phenoxy) is 1. The van der Waals surface area contributed by atoms with Crippen LogP contribution in [0.15, 0.2) is 90.0 Å². The zero-order valence-corrected chi connectivity index (χ0v) is 21.2. The second kappa shape index (κ2) is 11.4. The van der Waals surface area contributed by atoms with E-state index in [0.717, 1.165) is 47.0 Å². The Kier molecular flexibility index (Phi) is 7.85. The zero-order valence-electron chi connectivity index (χ0n) is 21.2. The van der Waals surface area contributed by atoms with E-state index in [0.29, 0.717) is 11.3 Å². The van der Waals surface area contributed by atoms with Gasteiger partial charge >= 0.3 is 0 Å². The number of rotatable bonds is 9. The van der Waals surface area contributed by atoms with Gasteiger partial charge in [-0.15, -0.1) is 0 Å². The van der Waals surface area contributed by atoms with E-state index in [4.69, 9.17) is 4.74 Å². The smallest absolute Gasteiger partial charge is 0.271 e. The van der Waals surface area contributed by atoms with Crippen molar-refractivity contribution < 1.29 is 9.53 Å². The Labute approximate surface area is 212 Å². The predicted molar refractivity (Wildman–Crippen MR) is 148 cm³/mol. The number of nitrogens with zero attached hydrogens (tertiary/aromatic N) is 3. The van der Waals surface area contributed by atoms with Crippen LogP contribution >= 0.6 is 0 Å². The quantitative estimate of drug-likeness (QED) is 0.234. The molecule has 0 aliphatic rings. The molecule has 0 aliphatic heterocycles. The minimum atomic E-state index is -0.274. The molecule has 6 heteroatoms. The number of hydrazone groups is 1. The summed E-state index contributed by atoms with van der Waals surface area (Å²) in [5, 5.41) is 4.16. The first-order valence-corrected chi connectivity index (χ1v) is 12.2. The number of benzene rings is 3. The van der Waals surface area contributed by atoms with Gasteiger partial charge in [0.1, 0.15) is 5.75 Å². The number of hydrogen-bond acceptors (Lipinski definition) is 4. The van der Waals surface area contributed by atoms with Gasteiger partial charge < -0.3 is 14.2 Å². The third-order valence-electron chi connectivity index (χ3n) is 6.25. The van der Waals surface area contributed by atoms with Crippen LogP contribution in [0, 0.1) is 6.92 Å². The molecule has 0 fully saturated rings. The maximum Gasteiger partial charge on any atom is 0.271 e. The first-order chi connectivity index (χ1) is 17.5. The molecule has 6 nitrogen and oxygen atoms in total. The van der Waals surface area contributed by atoms with Crippen LogP contribution in [0.25, 0.3) is 16.9 Å². The number of aryl methyl sites for hydroxylation is 1. The van der Waals surface area contributed by atoms with E-state index >= 15 is 0 Å². The number of nitrogens with one attached hydrogen (secondary N) is 1. The highest BCUT2D eigenvalue weighted by Gasteiger charge is 2.11. The summed E-state index contributed by atoms with van der Waals surface area (Å²) < 4.78 is 7.72. The third-order valence-corrected chi connectivity index (χ3v) is 6.25. The number of hydrogen-bond donors (Lipinski definition) is 1. The normalized spacial score (nSPS) is 11.0. The molecule has 0 bridgehead atoms. The van der Waals surface area contributed by atoms with Gasteiger partial charge in [-0.25, -0.2) is 5.43 Å². The van der Waals surface area contributed by atoms with Crippen LogP contribution in [-0.2, 0) is 0 Å². The van der Waals surface area contributed by atoms with Crippen molar-refractivity contribution in [2.45, 2.75) is 20.8 Å². The van der Waals surface area contributed by atoms with Gasteiger partial charge in [0.05, 0.1) is 19.0 Å². The molecule has 0 unspecified atom stereocenters. The van der Waals surface area contributed by atoms with Gasteiger partial charge in [0.15, 0.2) is 0 Å². The number of anilines is 1. The molecule has 0 spiro atoms. The molecule has 36 heavy (non-hydrogen) atoms. The zero-order chi connectivity index (χ0) is 25.5. The molecule has 4 aromatic rings. The number of carbonyl (C=O) groups is 1. The minimum absolute atomic E-state index is 0.274. The van der Waals surface area contributed by atoms with Crippen molar-refractivity contribution in [2.75, 3.05) is 25.1 Å². The Morgan fingerprint density at radius 1 is 0.972 bits per heavy atom. The van der Waals surface area contributed by atoms with E-state index in [1.165, 1.54) is 0 Å². The Hall–Kier alpha value is -4.32. The molecule has 1 N–H and O–H groups in total. The molecule has 184 valence electrons. The van der Waals surface area contributed by atoms with Crippen LogP contribution in [0.1, 0.15) is 35.5 Å². The van der Waals surface area contributed by atoms with Crippen LogP contribution < -0.4 is 15.1 Å². The Morgan fingerprint density at radius 2 is 1.69 bits per heavy atom. The monoisotopic (exact) mass is 480 g/mol. The molecule has 0 aliphatic carbocycles. The number of aromatic nitrogens is 1. The van der Waals surface area contributed by atoms with Gasteiger partial charge in [-0.3, -0.25) is 4.79 Å². The molecule has 0 saturated heterocycles. The second-order valence-corrected chi connectivity index (χ2v) is 8.41. The summed E-state index contributed by atoms with van der Waals surface area (Å²) in [6, 6.07) is 28.0. The van der Waals surface area contributed by atoms with E-state index in [1.807, 2.05) is 60.7 Å². The maximum absolute atomic E-state index is 12.7. The third kappa shape index (κ3) is 5.33. The summed E-state index contributed by atoms with van der Waals surface area (Å²) in [6.07, 6.45) is 1.60. The van der Waals surface area contributed by atoms with Crippen molar-refractivity contribution >= 4 is 17.8 Å². The van der Waals surface area contributed by atoms with Crippen LogP contribution in [0.5, 0.6) is 5.75 Å². The van der Waals surface area contributed by atoms with Gasteiger partial charge in [0.25, 0.3) is 5.91 Å². The molecule has 1 heterocycles. The van der Waals surface area contributed by atoms with Crippen LogP contribution in [0.2, 0.25) is 0 Å². The van der Waals surface area contributed by atoms with Gasteiger partial charge in [0, 0.05) is 47.4 Å². The maximum atomic E-state index is 12.7. The SMILES string of the molecule is CCN(CC)c1ccc(/C=N/NC(=O)c2ccc(-n3c(C)ccc3-c3ccccc3)cc2)c(OC)c1. The molecule has 0 saturated carbocycles. The van der Waals surface area contributed by atoms with Crippen LogP contribution in [-0.4, -0.2) is 36.9 Å². The Balaban J connectivity index is 1.47. The fraction of sp³-hybridized carbons (Fsp3) is 0.200. The van der Waals surface area contributed by atoms with Crippen molar-refractivity contribution in [3.8, 4) is 22.7 Å². The molecule has 4 rings (SSSR count). The lowest BCUT2D eigenvalue weighted by Crippen LogP contribution is -2.21. The molecule has 1 aromatic heterocycles. The van der Waals surface area contributed by atoms with E-state index in [1.54, 1.807) is 13.3 Å². The number of methoxy groups -OCH3 is 1. The van der Waals surface area contributed by atoms with Crippen molar-refractivity contribution in [2.24, 2.45) is 5.10 Å². The predicted octanol–water partition coefficient (Wildman–Crippen LogP) is 6.07. The van der Waals surface area contributed by atoms with Crippen molar-refractivity contribution in [1.29, 1.82) is 0 Å². The molecule has 0 atom stereocenters. The highest BCUT2D eigenvalue weighted by molar-refractivity contribution is 5.95. The number of carbonyl (C=O) groups excluding carboxylic acids is 1. The first-order valence-electron chi connectivity index (χ1n) is 12.2. The second-order valence-electron chi connectivity index (χ2n) is 8.41. The molecule has 1 amide bonds. The summed E-state index contributed by atoms with van der Waals surface area (Å²) in [5.74, 6) is 0.433. The summed E-state index contributed by atoms with van der Waals surface area (Å²) in [7, 11) is 1.63. The topological polar surface area (TPSA) is 58.9 Å². The molecular weight excluding hydrogens is 448 g/mol. The fourth-order valence-electron chi connectivity index (χ4n) is 4.29. The van der Waals surface area contributed by atoms with Crippen molar-refractivity contribution in [3.05, 3.63) is 102 Å². The van der Waals surface area contributed by atoms with Crippen molar-refractivity contribution in [1.82, 2.24) is 9.99 Å². The lowest BCUT2D eigenvalue weighted by molar-refractivity contribution is 0.0955. The van der Waals surface area contributed by atoms with Gasteiger partial charge in [-0.1, -0.05) is 30.3 Å². The summed E-state index contributed by atoms with van der Waals surface area (Å²) in [4.78, 5) is 14.9. The standard InChI is InChI=1S/C30H32N4O2/c1-5-33(6-2)27-18-15-25(29(20-27)36-4)21-31-32-30(35)24-13-16-26(17-14-24)34-22(3)12-19-28(34)23-10-8-7-9-11-23/h7-21H,5-6H2,1-4H3,(H,32,35)/b31-21+. The lowest BCUT2D eigenvalue weighted by atomic mass is 10.1. The lowest BCUT2D eigenvalue weighted by Gasteiger charge is -2.21.